The quantitative estimate of drug-likeness (QED) is 0.758. The third-order valence-corrected chi connectivity index (χ3v) is 3.74. The molecule has 20 heavy (non-hydrogen) atoms. The van der Waals surface area contributed by atoms with Gasteiger partial charge in [0.1, 0.15) is 11.6 Å². The van der Waals surface area contributed by atoms with Crippen LogP contribution in [0.15, 0.2) is 36.4 Å². The van der Waals surface area contributed by atoms with E-state index in [1.807, 2.05) is 0 Å². The third kappa shape index (κ3) is 3.95. The van der Waals surface area contributed by atoms with Crippen LogP contribution in [0.1, 0.15) is 11.1 Å². The van der Waals surface area contributed by atoms with Crippen molar-refractivity contribution in [3.63, 3.8) is 0 Å². The lowest BCUT2D eigenvalue weighted by molar-refractivity contribution is -0.117. The Hall–Kier alpha value is -1.09. The number of benzene rings is 2. The van der Waals surface area contributed by atoms with Crippen LogP contribution in [0.25, 0.3) is 0 Å². The largest absolute Gasteiger partial charge is 0.299 e. The highest BCUT2D eigenvalue weighted by Gasteiger charge is 2.11. The standard InChI is InChI=1S/C15H10Cl3FO/c16-11-3-1-9(14(17)7-11)5-13(20)6-10-2-4-12(19)8-15(10)18/h1-4,7-8H,5-6H2. The Labute approximate surface area is 131 Å². The van der Waals surface area contributed by atoms with Gasteiger partial charge in [-0.05, 0) is 35.4 Å². The minimum atomic E-state index is -0.424. The predicted molar refractivity (Wildman–Crippen MR) is 80.3 cm³/mol. The van der Waals surface area contributed by atoms with Crippen LogP contribution in [0, 0.1) is 5.82 Å². The molecular weight excluding hydrogens is 322 g/mol. The molecule has 0 heterocycles. The highest BCUT2D eigenvalue weighted by atomic mass is 35.5. The van der Waals surface area contributed by atoms with Gasteiger partial charge in [-0.2, -0.15) is 0 Å². The summed E-state index contributed by atoms with van der Waals surface area (Å²) in [5.74, 6) is -0.477. The molecule has 0 radical (unpaired) electrons. The number of Topliss-reactive ketones (excluding diaryl/α,β-unsaturated/α-hetero) is 1. The number of carbonyl (C=O) groups excluding carboxylic acids is 1. The number of hydrogen-bond acceptors (Lipinski definition) is 1. The van der Waals surface area contributed by atoms with Gasteiger partial charge in [0, 0.05) is 27.9 Å². The molecular formula is C15H10Cl3FO. The van der Waals surface area contributed by atoms with Gasteiger partial charge in [0.2, 0.25) is 0 Å². The second-order valence-electron chi connectivity index (χ2n) is 4.36. The van der Waals surface area contributed by atoms with Crippen LogP contribution >= 0.6 is 34.8 Å². The zero-order valence-corrected chi connectivity index (χ0v) is 12.6. The minimum absolute atomic E-state index is 0.0530. The first-order valence-electron chi connectivity index (χ1n) is 5.85. The van der Waals surface area contributed by atoms with Crippen molar-refractivity contribution in [1.29, 1.82) is 0 Å². The first kappa shape index (κ1) is 15.3. The van der Waals surface area contributed by atoms with Crippen molar-refractivity contribution in [2.75, 3.05) is 0 Å². The monoisotopic (exact) mass is 330 g/mol. The summed E-state index contributed by atoms with van der Waals surface area (Å²) in [5.41, 5.74) is 1.31. The fourth-order valence-corrected chi connectivity index (χ4v) is 2.53. The van der Waals surface area contributed by atoms with Gasteiger partial charge in [-0.3, -0.25) is 4.79 Å². The lowest BCUT2D eigenvalue weighted by atomic mass is 10.0. The van der Waals surface area contributed by atoms with Crippen molar-refractivity contribution >= 4 is 40.6 Å². The average molecular weight is 332 g/mol. The van der Waals surface area contributed by atoms with Gasteiger partial charge >= 0.3 is 0 Å². The average Bonchev–Trinajstić information content (AvgIpc) is 2.36. The van der Waals surface area contributed by atoms with Crippen molar-refractivity contribution in [3.8, 4) is 0 Å². The number of ketones is 1. The minimum Gasteiger partial charge on any atom is -0.299 e. The van der Waals surface area contributed by atoms with E-state index in [4.69, 9.17) is 34.8 Å². The van der Waals surface area contributed by atoms with Crippen molar-refractivity contribution < 1.29 is 9.18 Å². The fraction of sp³-hybridized carbons (Fsp3) is 0.133. The maximum Gasteiger partial charge on any atom is 0.141 e. The molecule has 0 aromatic heterocycles. The molecule has 0 aliphatic heterocycles. The molecule has 104 valence electrons. The van der Waals surface area contributed by atoms with Gasteiger partial charge in [-0.1, -0.05) is 46.9 Å². The summed E-state index contributed by atoms with van der Waals surface area (Å²) in [4.78, 5) is 12.0. The Balaban J connectivity index is 2.09. The molecule has 2 aromatic carbocycles. The second kappa shape index (κ2) is 6.57. The van der Waals surface area contributed by atoms with Crippen LogP contribution in [-0.2, 0) is 17.6 Å². The van der Waals surface area contributed by atoms with Gasteiger partial charge in [-0.25, -0.2) is 4.39 Å². The summed E-state index contributed by atoms with van der Waals surface area (Å²) in [6, 6.07) is 8.98. The van der Waals surface area contributed by atoms with Crippen molar-refractivity contribution in [2.24, 2.45) is 0 Å². The highest BCUT2D eigenvalue weighted by molar-refractivity contribution is 6.35. The molecule has 1 nitrogen and oxygen atoms in total. The van der Waals surface area contributed by atoms with E-state index < -0.39 is 5.82 Å². The first-order valence-corrected chi connectivity index (χ1v) is 6.98. The maximum atomic E-state index is 12.9. The van der Waals surface area contributed by atoms with Gasteiger partial charge < -0.3 is 0 Å². The summed E-state index contributed by atoms with van der Waals surface area (Å²) < 4.78 is 12.9. The molecule has 2 rings (SSSR count). The summed E-state index contributed by atoms with van der Waals surface area (Å²) in [7, 11) is 0. The highest BCUT2D eigenvalue weighted by Crippen LogP contribution is 2.23. The molecule has 0 unspecified atom stereocenters. The summed E-state index contributed by atoms with van der Waals surface area (Å²) in [6.45, 7) is 0. The number of carbonyl (C=O) groups is 1. The smallest absolute Gasteiger partial charge is 0.141 e. The van der Waals surface area contributed by atoms with Gasteiger partial charge in [0.25, 0.3) is 0 Å². The molecule has 0 amide bonds. The zero-order valence-electron chi connectivity index (χ0n) is 10.3. The second-order valence-corrected chi connectivity index (χ2v) is 5.61. The molecule has 0 spiro atoms. The zero-order chi connectivity index (χ0) is 14.7. The van der Waals surface area contributed by atoms with Crippen molar-refractivity contribution in [2.45, 2.75) is 12.8 Å². The van der Waals surface area contributed by atoms with Gasteiger partial charge in [0.15, 0.2) is 0 Å². The third-order valence-electron chi connectivity index (χ3n) is 2.81. The number of rotatable bonds is 4. The Morgan fingerprint density at radius 3 is 2.00 bits per heavy atom. The fourth-order valence-electron chi connectivity index (χ4n) is 1.82. The number of hydrogen-bond donors (Lipinski definition) is 0. The van der Waals surface area contributed by atoms with Crippen LogP contribution in [0.4, 0.5) is 4.39 Å². The summed E-state index contributed by atoms with van der Waals surface area (Å²) in [6.07, 6.45) is 0.321. The van der Waals surface area contributed by atoms with E-state index in [1.54, 1.807) is 18.2 Å². The van der Waals surface area contributed by atoms with Crippen LogP contribution < -0.4 is 0 Å². The van der Waals surface area contributed by atoms with Crippen molar-refractivity contribution in [3.05, 3.63) is 68.4 Å². The molecule has 0 N–H and O–H groups in total. The van der Waals surface area contributed by atoms with E-state index in [9.17, 15) is 9.18 Å². The summed E-state index contributed by atoms with van der Waals surface area (Å²) in [5, 5.41) is 1.23. The van der Waals surface area contributed by atoms with E-state index in [1.165, 1.54) is 18.2 Å². The molecule has 0 aliphatic rings. The lowest BCUT2D eigenvalue weighted by Gasteiger charge is -2.06. The molecule has 5 heteroatoms. The van der Waals surface area contributed by atoms with E-state index >= 15 is 0 Å². The van der Waals surface area contributed by atoms with E-state index in [0.717, 1.165) is 0 Å². The normalized spacial score (nSPS) is 10.6. The molecule has 0 aliphatic carbocycles. The van der Waals surface area contributed by atoms with Crippen LogP contribution in [-0.4, -0.2) is 5.78 Å². The van der Waals surface area contributed by atoms with Gasteiger partial charge in [0.05, 0.1) is 0 Å². The van der Waals surface area contributed by atoms with Crippen molar-refractivity contribution in [1.82, 2.24) is 0 Å². The SMILES string of the molecule is O=C(Cc1ccc(F)cc1Cl)Cc1ccc(Cl)cc1Cl. The Kier molecular flexibility index (Phi) is 5.03. The topological polar surface area (TPSA) is 17.1 Å². The Morgan fingerprint density at radius 1 is 0.900 bits per heavy atom. The molecule has 0 bridgehead atoms. The van der Waals surface area contributed by atoms with Gasteiger partial charge in [-0.15, -0.1) is 0 Å². The molecule has 0 saturated carbocycles. The summed E-state index contributed by atoms with van der Waals surface area (Å²) >= 11 is 17.7. The molecule has 0 fully saturated rings. The number of halogens is 4. The van der Waals surface area contributed by atoms with Crippen LogP contribution in [0.2, 0.25) is 15.1 Å². The molecule has 2 aromatic rings. The van der Waals surface area contributed by atoms with Crippen LogP contribution in [0.3, 0.4) is 0 Å². The Bertz CT molecular complexity index is 600. The Morgan fingerprint density at radius 2 is 1.45 bits per heavy atom. The van der Waals surface area contributed by atoms with Crippen LogP contribution in [0.5, 0.6) is 0 Å². The van der Waals surface area contributed by atoms with E-state index in [-0.39, 0.29) is 23.6 Å². The predicted octanol–water partition coefficient (Wildman–Crippen LogP) is 5.14. The molecule has 0 saturated heterocycles. The first-order chi connectivity index (χ1) is 9.45. The van der Waals surface area contributed by atoms with E-state index in [0.29, 0.717) is 21.2 Å². The maximum absolute atomic E-state index is 12.9. The molecule has 0 atom stereocenters. The van der Waals surface area contributed by atoms with E-state index in [2.05, 4.69) is 0 Å². The lowest BCUT2D eigenvalue weighted by Crippen LogP contribution is -2.07.